The van der Waals surface area contributed by atoms with E-state index in [1.807, 2.05) is 30.3 Å². The molecule has 1 amide bonds. The van der Waals surface area contributed by atoms with Crippen LogP contribution in [0, 0.1) is 0 Å². The predicted molar refractivity (Wildman–Crippen MR) is 76.8 cm³/mol. The summed E-state index contributed by atoms with van der Waals surface area (Å²) in [5.74, 6) is 0.837. The molecule has 1 aliphatic rings. The third-order valence-electron chi connectivity index (χ3n) is 3.12. The first-order valence-electron chi connectivity index (χ1n) is 6.09. The summed E-state index contributed by atoms with van der Waals surface area (Å²) in [5, 5.41) is 0.379. The van der Waals surface area contributed by atoms with Gasteiger partial charge in [-0.25, -0.2) is 0 Å². The van der Waals surface area contributed by atoms with Gasteiger partial charge in [-0.2, -0.15) is 0 Å². The molecule has 1 heterocycles. The molecule has 1 aliphatic heterocycles. The number of fused-ring (bicyclic) bond motifs is 1. The second-order valence-corrected chi connectivity index (χ2v) is 4.80. The van der Waals surface area contributed by atoms with Crippen LogP contribution >= 0.6 is 11.6 Å². The van der Waals surface area contributed by atoms with Crippen LogP contribution in [0.15, 0.2) is 42.5 Å². The maximum absolute atomic E-state index is 12.5. The summed E-state index contributed by atoms with van der Waals surface area (Å²) in [6.45, 7) is 0.126. The van der Waals surface area contributed by atoms with Crippen LogP contribution in [-0.4, -0.2) is 19.7 Å². The number of anilines is 1. The first-order chi connectivity index (χ1) is 9.66. The van der Waals surface area contributed by atoms with Gasteiger partial charge in [0.1, 0.15) is 0 Å². The Labute approximate surface area is 121 Å². The van der Waals surface area contributed by atoms with E-state index >= 15 is 0 Å². The fourth-order valence-electron chi connectivity index (χ4n) is 2.05. The number of hydrogen-bond donors (Lipinski definition) is 0. The van der Waals surface area contributed by atoms with Gasteiger partial charge < -0.3 is 14.4 Å². The number of ether oxygens (including phenoxy) is 2. The molecule has 0 spiro atoms. The fraction of sp³-hybridized carbons (Fsp3) is 0.133. The molecule has 0 saturated heterocycles. The number of para-hydroxylation sites is 1. The molecule has 2 aromatic carbocycles. The van der Waals surface area contributed by atoms with Crippen LogP contribution in [0.4, 0.5) is 5.69 Å². The van der Waals surface area contributed by atoms with Gasteiger partial charge in [0, 0.05) is 18.3 Å². The Kier molecular flexibility index (Phi) is 3.24. The van der Waals surface area contributed by atoms with Gasteiger partial charge in [0.2, 0.25) is 6.79 Å². The summed E-state index contributed by atoms with van der Waals surface area (Å²) < 4.78 is 10.5. The first-order valence-corrected chi connectivity index (χ1v) is 6.47. The van der Waals surface area contributed by atoms with E-state index in [0.717, 1.165) is 5.69 Å². The zero-order chi connectivity index (χ0) is 14.1. The third-order valence-corrected chi connectivity index (χ3v) is 3.40. The van der Waals surface area contributed by atoms with Crippen LogP contribution in [0.3, 0.4) is 0 Å². The molecule has 0 radical (unpaired) electrons. The van der Waals surface area contributed by atoms with Crippen molar-refractivity contribution in [1.29, 1.82) is 0 Å². The van der Waals surface area contributed by atoms with E-state index in [1.165, 1.54) is 0 Å². The van der Waals surface area contributed by atoms with Gasteiger partial charge in [-0.05, 0) is 24.3 Å². The van der Waals surface area contributed by atoms with Crippen LogP contribution in [-0.2, 0) is 0 Å². The maximum atomic E-state index is 12.5. The summed E-state index contributed by atoms with van der Waals surface area (Å²) in [6.07, 6.45) is 0. The molecule has 0 saturated carbocycles. The van der Waals surface area contributed by atoms with Crippen molar-refractivity contribution >= 4 is 23.2 Å². The molecule has 0 bridgehead atoms. The average molecular weight is 290 g/mol. The standard InChI is InChI=1S/C15H12ClNO3/c1-17(11-5-3-2-4-6-11)15(18)10-7-12(16)14-13(8-10)19-9-20-14/h2-8H,9H2,1H3. The predicted octanol–water partition coefficient (Wildman–Crippen LogP) is 3.35. The van der Waals surface area contributed by atoms with Crippen molar-refractivity contribution < 1.29 is 14.3 Å². The Morgan fingerprint density at radius 1 is 1.20 bits per heavy atom. The summed E-state index contributed by atoms with van der Waals surface area (Å²) in [5.41, 5.74) is 1.27. The quantitative estimate of drug-likeness (QED) is 0.851. The molecule has 2 aromatic rings. The lowest BCUT2D eigenvalue weighted by atomic mass is 10.1. The van der Waals surface area contributed by atoms with Gasteiger partial charge in [0.15, 0.2) is 11.5 Å². The Bertz CT molecular complexity index is 658. The fourth-order valence-corrected chi connectivity index (χ4v) is 2.32. The van der Waals surface area contributed by atoms with Gasteiger partial charge in [0.25, 0.3) is 5.91 Å². The molecule has 0 unspecified atom stereocenters. The highest BCUT2D eigenvalue weighted by atomic mass is 35.5. The van der Waals surface area contributed by atoms with E-state index in [0.29, 0.717) is 22.1 Å². The summed E-state index contributed by atoms with van der Waals surface area (Å²) in [6, 6.07) is 12.6. The van der Waals surface area contributed by atoms with E-state index in [9.17, 15) is 4.79 Å². The number of amides is 1. The second kappa shape index (κ2) is 5.06. The highest BCUT2D eigenvalue weighted by molar-refractivity contribution is 6.33. The van der Waals surface area contributed by atoms with Crippen LogP contribution in [0.2, 0.25) is 5.02 Å². The van der Waals surface area contributed by atoms with Crippen LogP contribution < -0.4 is 14.4 Å². The average Bonchev–Trinajstić information content (AvgIpc) is 2.95. The molecule has 3 rings (SSSR count). The summed E-state index contributed by atoms with van der Waals surface area (Å²) in [7, 11) is 1.72. The summed E-state index contributed by atoms with van der Waals surface area (Å²) in [4.78, 5) is 14.0. The minimum atomic E-state index is -0.156. The molecular weight excluding hydrogens is 278 g/mol. The second-order valence-electron chi connectivity index (χ2n) is 4.39. The number of nitrogens with zero attached hydrogens (tertiary/aromatic N) is 1. The van der Waals surface area contributed by atoms with Gasteiger partial charge in [-0.15, -0.1) is 0 Å². The third kappa shape index (κ3) is 2.18. The largest absolute Gasteiger partial charge is 0.454 e. The highest BCUT2D eigenvalue weighted by Crippen LogP contribution is 2.40. The van der Waals surface area contributed by atoms with E-state index < -0.39 is 0 Å². The van der Waals surface area contributed by atoms with Crippen molar-refractivity contribution in [3.63, 3.8) is 0 Å². The lowest BCUT2D eigenvalue weighted by Crippen LogP contribution is -2.26. The van der Waals surface area contributed by atoms with Gasteiger partial charge in [-0.3, -0.25) is 4.79 Å². The number of halogens is 1. The molecular formula is C15H12ClNO3. The molecule has 20 heavy (non-hydrogen) atoms. The molecule has 102 valence electrons. The SMILES string of the molecule is CN(C(=O)c1cc(Cl)c2c(c1)OCO2)c1ccccc1. The molecule has 0 aliphatic carbocycles. The van der Waals surface area contributed by atoms with Crippen molar-refractivity contribution in [1.82, 2.24) is 0 Å². The zero-order valence-corrected chi connectivity index (χ0v) is 11.6. The van der Waals surface area contributed by atoms with Crippen molar-refractivity contribution in [3.05, 3.63) is 53.1 Å². The Morgan fingerprint density at radius 2 is 1.95 bits per heavy atom. The van der Waals surface area contributed by atoms with Gasteiger partial charge >= 0.3 is 0 Å². The summed E-state index contributed by atoms with van der Waals surface area (Å²) >= 11 is 6.09. The van der Waals surface area contributed by atoms with E-state index in [-0.39, 0.29) is 12.7 Å². The zero-order valence-electron chi connectivity index (χ0n) is 10.8. The maximum Gasteiger partial charge on any atom is 0.258 e. The van der Waals surface area contributed by atoms with Crippen LogP contribution in [0.25, 0.3) is 0 Å². The molecule has 0 atom stereocenters. The number of carbonyl (C=O) groups is 1. The topological polar surface area (TPSA) is 38.8 Å². The van der Waals surface area contributed by atoms with Crippen molar-refractivity contribution in [2.24, 2.45) is 0 Å². The van der Waals surface area contributed by atoms with E-state index in [2.05, 4.69) is 0 Å². The van der Waals surface area contributed by atoms with Gasteiger partial charge in [0.05, 0.1) is 5.02 Å². The monoisotopic (exact) mass is 289 g/mol. The normalized spacial score (nSPS) is 12.3. The molecule has 0 N–H and O–H groups in total. The van der Waals surface area contributed by atoms with Gasteiger partial charge in [-0.1, -0.05) is 29.8 Å². The number of hydrogen-bond acceptors (Lipinski definition) is 3. The smallest absolute Gasteiger partial charge is 0.258 e. The Morgan fingerprint density at radius 3 is 2.70 bits per heavy atom. The minimum Gasteiger partial charge on any atom is -0.454 e. The molecule has 5 heteroatoms. The molecule has 0 fully saturated rings. The molecule has 0 aromatic heterocycles. The van der Waals surface area contributed by atoms with Crippen molar-refractivity contribution in [2.45, 2.75) is 0 Å². The first kappa shape index (κ1) is 12.8. The number of benzene rings is 2. The molecule has 4 nitrogen and oxygen atoms in total. The lowest BCUT2D eigenvalue weighted by molar-refractivity contribution is 0.0992. The van der Waals surface area contributed by atoms with E-state index in [1.54, 1.807) is 24.1 Å². The lowest BCUT2D eigenvalue weighted by Gasteiger charge is -2.17. The van der Waals surface area contributed by atoms with Crippen molar-refractivity contribution in [2.75, 3.05) is 18.7 Å². The Balaban J connectivity index is 1.93. The van der Waals surface area contributed by atoms with Crippen molar-refractivity contribution in [3.8, 4) is 11.5 Å². The van der Waals surface area contributed by atoms with Crippen LogP contribution in [0.5, 0.6) is 11.5 Å². The number of carbonyl (C=O) groups excluding carboxylic acids is 1. The highest BCUT2D eigenvalue weighted by Gasteiger charge is 2.22. The minimum absolute atomic E-state index is 0.126. The van der Waals surface area contributed by atoms with E-state index in [4.69, 9.17) is 21.1 Å². The van der Waals surface area contributed by atoms with Crippen LogP contribution in [0.1, 0.15) is 10.4 Å². The Hall–Kier alpha value is -2.20. The number of rotatable bonds is 2.